The highest BCUT2D eigenvalue weighted by Gasteiger charge is 2.24. The van der Waals surface area contributed by atoms with Crippen molar-refractivity contribution in [2.24, 2.45) is 0 Å². The summed E-state index contributed by atoms with van der Waals surface area (Å²) >= 11 is 3.51. The molecule has 0 radical (unpaired) electrons. The molecule has 5 rings (SSSR count). The standard InChI is InChI=1S/C23H25N3OS2/c1-28-19-8-9-20-21(15-19)29-23(24-20)26-12-10-25(11-13-26)22(27)18-7-6-16-4-2-3-5-17(16)14-18/h6-9,14-15H,2-5,10-13H2,1H3. The molecule has 150 valence electrons. The van der Waals surface area contributed by atoms with Crippen molar-refractivity contribution in [3.8, 4) is 0 Å². The van der Waals surface area contributed by atoms with Crippen LogP contribution in [0.4, 0.5) is 5.13 Å². The number of aryl methyl sites for hydroxylation is 2. The number of piperazine rings is 1. The topological polar surface area (TPSA) is 36.4 Å². The number of benzene rings is 2. The highest BCUT2D eigenvalue weighted by atomic mass is 32.2. The second-order valence-corrected chi connectivity index (χ2v) is 9.69. The van der Waals surface area contributed by atoms with Crippen molar-refractivity contribution in [2.75, 3.05) is 37.3 Å². The summed E-state index contributed by atoms with van der Waals surface area (Å²) in [6, 6.07) is 12.8. The van der Waals surface area contributed by atoms with Gasteiger partial charge >= 0.3 is 0 Å². The zero-order valence-electron chi connectivity index (χ0n) is 16.7. The van der Waals surface area contributed by atoms with E-state index in [0.29, 0.717) is 0 Å². The molecule has 1 aliphatic heterocycles. The van der Waals surface area contributed by atoms with E-state index in [1.54, 1.807) is 23.1 Å². The minimum atomic E-state index is 0.173. The fourth-order valence-electron chi connectivity index (χ4n) is 4.30. The average molecular weight is 424 g/mol. The maximum absolute atomic E-state index is 13.0. The highest BCUT2D eigenvalue weighted by molar-refractivity contribution is 7.98. The third-order valence-corrected chi connectivity index (χ3v) is 7.82. The van der Waals surface area contributed by atoms with Crippen molar-refractivity contribution in [3.05, 3.63) is 53.1 Å². The fraction of sp³-hybridized carbons (Fsp3) is 0.391. The molecule has 0 saturated carbocycles. The summed E-state index contributed by atoms with van der Waals surface area (Å²) in [7, 11) is 0. The van der Waals surface area contributed by atoms with Crippen LogP contribution < -0.4 is 4.90 Å². The molecule has 6 heteroatoms. The molecule has 4 nitrogen and oxygen atoms in total. The summed E-state index contributed by atoms with van der Waals surface area (Å²) in [5, 5.41) is 1.07. The van der Waals surface area contributed by atoms with Gasteiger partial charge in [0.2, 0.25) is 0 Å². The number of thioether (sulfide) groups is 1. The van der Waals surface area contributed by atoms with Crippen molar-refractivity contribution in [1.29, 1.82) is 0 Å². The Morgan fingerprint density at radius 2 is 1.79 bits per heavy atom. The van der Waals surface area contributed by atoms with E-state index in [0.717, 1.165) is 55.2 Å². The molecule has 1 saturated heterocycles. The largest absolute Gasteiger partial charge is 0.345 e. The van der Waals surface area contributed by atoms with Crippen LogP contribution in [0.15, 0.2) is 41.3 Å². The van der Waals surface area contributed by atoms with Gasteiger partial charge in [0.05, 0.1) is 10.2 Å². The van der Waals surface area contributed by atoms with Crippen molar-refractivity contribution < 1.29 is 4.79 Å². The second kappa shape index (κ2) is 8.00. The van der Waals surface area contributed by atoms with Crippen LogP contribution in [0.5, 0.6) is 0 Å². The third-order valence-electron chi connectivity index (χ3n) is 6.02. The van der Waals surface area contributed by atoms with E-state index in [1.165, 1.54) is 33.6 Å². The SMILES string of the molecule is CSc1ccc2nc(N3CCN(C(=O)c4ccc5c(c4)CCCC5)CC3)sc2c1. The fourth-order valence-corrected chi connectivity index (χ4v) is 5.88. The molecule has 0 atom stereocenters. The quantitative estimate of drug-likeness (QED) is 0.564. The Balaban J connectivity index is 1.27. The molecule has 3 aromatic rings. The molecule has 29 heavy (non-hydrogen) atoms. The van der Waals surface area contributed by atoms with Crippen molar-refractivity contribution in [3.63, 3.8) is 0 Å². The van der Waals surface area contributed by atoms with Crippen LogP contribution in [0, 0.1) is 0 Å². The molecule has 0 bridgehead atoms. The van der Waals surface area contributed by atoms with E-state index < -0.39 is 0 Å². The van der Waals surface area contributed by atoms with E-state index >= 15 is 0 Å². The lowest BCUT2D eigenvalue weighted by Crippen LogP contribution is -2.48. The summed E-state index contributed by atoms with van der Waals surface area (Å²) in [5.41, 5.74) is 4.72. The number of hydrogen-bond donors (Lipinski definition) is 0. The van der Waals surface area contributed by atoms with Gasteiger partial charge in [-0.05, 0) is 73.4 Å². The zero-order valence-corrected chi connectivity index (χ0v) is 18.3. The van der Waals surface area contributed by atoms with Gasteiger partial charge in [0, 0.05) is 36.6 Å². The molecule has 2 aromatic carbocycles. The van der Waals surface area contributed by atoms with Gasteiger partial charge in [0.15, 0.2) is 5.13 Å². The van der Waals surface area contributed by atoms with Gasteiger partial charge in [0.25, 0.3) is 5.91 Å². The molecular formula is C23H25N3OS2. The normalized spacial score (nSPS) is 16.9. The maximum atomic E-state index is 13.0. The predicted molar refractivity (Wildman–Crippen MR) is 123 cm³/mol. The molecule has 0 spiro atoms. The smallest absolute Gasteiger partial charge is 0.253 e. The van der Waals surface area contributed by atoms with E-state index in [4.69, 9.17) is 4.98 Å². The predicted octanol–water partition coefficient (Wildman–Crippen LogP) is 4.86. The molecule has 0 unspecified atom stereocenters. The summed E-state index contributed by atoms with van der Waals surface area (Å²) in [4.78, 5) is 23.4. The number of rotatable bonds is 3. The van der Waals surface area contributed by atoms with Gasteiger partial charge in [-0.15, -0.1) is 11.8 Å². The first kappa shape index (κ1) is 18.9. The van der Waals surface area contributed by atoms with Gasteiger partial charge in [-0.2, -0.15) is 0 Å². The Bertz CT molecular complexity index is 1050. The zero-order chi connectivity index (χ0) is 19.8. The molecule has 1 amide bonds. The first-order chi connectivity index (χ1) is 14.2. The molecular weight excluding hydrogens is 398 g/mol. The van der Waals surface area contributed by atoms with Crippen LogP contribution in [0.3, 0.4) is 0 Å². The van der Waals surface area contributed by atoms with Crippen molar-refractivity contribution in [1.82, 2.24) is 9.88 Å². The number of carbonyl (C=O) groups excluding carboxylic acids is 1. The monoisotopic (exact) mass is 423 g/mol. The highest BCUT2D eigenvalue weighted by Crippen LogP contribution is 2.32. The Morgan fingerprint density at radius 1 is 1.00 bits per heavy atom. The van der Waals surface area contributed by atoms with Gasteiger partial charge in [-0.25, -0.2) is 4.98 Å². The Morgan fingerprint density at radius 3 is 2.59 bits per heavy atom. The van der Waals surface area contributed by atoms with Crippen LogP contribution in [-0.2, 0) is 12.8 Å². The van der Waals surface area contributed by atoms with E-state index in [9.17, 15) is 4.79 Å². The van der Waals surface area contributed by atoms with Gasteiger partial charge < -0.3 is 9.80 Å². The first-order valence-electron chi connectivity index (χ1n) is 10.3. The number of anilines is 1. The van der Waals surface area contributed by atoms with Crippen LogP contribution >= 0.6 is 23.1 Å². The second-order valence-electron chi connectivity index (χ2n) is 7.80. The number of amides is 1. The number of thiazole rings is 1. The van der Waals surface area contributed by atoms with Crippen LogP contribution in [0.2, 0.25) is 0 Å². The van der Waals surface area contributed by atoms with E-state index in [-0.39, 0.29) is 5.91 Å². The van der Waals surface area contributed by atoms with Crippen LogP contribution in [0.25, 0.3) is 10.2 Å². The minimum absolute atomic E-state index is 0.173. The van der Waals surface area contributed by atoms with Crippen LogP contribution in [-0.4, -0.2) is 48.2 Å². The molecule has 2 aliphatic rings. The lowest BCUT2D eigenvalue weighted by molar-refractivity contribution is 0.0746. The molecule has 2 heterocycles. The van der Waals surface area contributed by atoms with Gasteiger partial charge in [-0.1, -0.05) is 17.4 Å². The third kappa shape index (κ3) is 3.76. The molecule has 1 aliphatic carbocycles. The lowest BCUT2D eigenvalue weighted by atomic mass is 9.90. The van der Waals surface area contributed by atoms with E-state index in [2.05, 4.69) is 41.5 Å². The average Bonchev–Trinajstić information content (AvgIpc) is 3.21. The molecule has 1 fully saturated rings. The number of hydrogen-bond acceptors (Lipinski definition) is 5. The Hall–Kier alpha value is -2.05. The van der Waals surface area contributed by atoms with E-state index in [1.807, 2.05) is 11.0 Å². The summed E-state index contributed by atoms with van der Waals surface area (Å²) in [5.74, 6) is 0.173. The number of nitrogens with zero attached hydrogens (tertiary/aromatic N) is 3. The lowest BCUT2D eigenvalue weighted by Gasteiger charge is -2.34. The first-order valence-corrected chi connectivity index (χ1v) is 12.4. The molecule has 1 aromatic heterocycles. The summed E-state index contributed by atoms with van der Waals surface area (Å²) in [6.45, 7) is 3.18. The maximum Gasteiger partial charge on any atom is 0.253 e. The number of carbonyl (C=O) groups is 1. The van der Waals surface area contributed by atoms with Crippen molar-refractivity contribution in [2.45, 2.75) is 30.6 Å². The van der Waals surface area contributed by atoms with Gasteiger partial charge in [-0.3, -0.25) is 4.79 Å². The summed E-state index contributed by atoms with van der Waals surface area (Å²) < 4.78 is 1.24. The number of aromatic nitrogens is 1. The van der Waals surface area contributed by atoms with Crippen molar-refractivity contribution >= 4 is 44.4 Å². The Kier molecular flexibility index (Phi) is 5.22. The van der Waals surface area contributed by atoms with Crippen LogP contribution in [0.1, 0.15) is 34.3 Å². The number of fused-ring (bicyclic) bond motifs is 2. The summed E-state index contributed by atoms with van der Waals surface area (Å²) in [6.07, 6.45) is 6.88. The van der Waals surface area contributed by atoms with Gasteiger partial charge in [0.1, 0.15) is 0 Å². The minimum Gasteiger partial charge on any atom is -0.345 e. The molecule has 0 N–H and O–H groups in total. The Labute approximate surface area is 179 Å².